The van der Waals surface area contributed by atoms with E-state index in [-0.39, 0.29) is 31.0 Å². The SMILES string of the molecule is C[C@@H](CN)NC(=O)COc1ccc(Cl)cc1.Cl. The summed E-state index contributed by atoms with van der Waals surface area (Å²) in [6.07, 6.45) is 0. The third-order valence-electron chi connectivity index (χ3n) is 1.94. The van der Waals surface area contributed by atoms with Gasteiger partial charge >= 0.3 is 0 Å². The van der Waals surface area contributed by atoms with Gasteiger partial charge in [0.25, 0.3) is 5.91 Å². The smallest absolute Gasteiger partial charge is 0.258 e. The second-order valence-corrected chi connectivity index (χ2v) is 3.88. The number of carbonyl (C=O) groups excluding carboxylic acids is 1. The molecule has 0 aromatic heterocycles. The van der Waals surface area contributed by atoms with E-state index in [1.54, 1.807) is 24.3 Å². The monoisotopic (exact) mass is 278 g/mol. The largest absolute Gasteiger partial charge is 0.484 e. The molecule has 4 nitrogen and oxygen atoms in total. The van der Waals surface area contributed by atoms with Crippen LogP contribution in [0.2, 0.25) is 5.02 Å². The van der Waals surface area contributed by atoms with Gasteiger partial charge in [0.05, 0.1) is 0 Å². The number of ether oxygens (including phenoxy) is 1. The molecule has 3 N–H and O–H groups in total. The molecule has 1 amide bonds. The van der Waals surface area contributed by atoms with E-state index in [1.165, 1.54) is 0 Å². The lowest BCUT2D eigenvalue weighted by Gasteiger charge is -2.11. The van der Waals surface area contributed by atoms with Crippen molar-refractivity contribution in [3.63, 3.8) is 0 Å². The lowest BCUT2D eigenvalue weighted by molar-refractivity contribution is -0.123. The zero-order chi connectivity index (χ0) is 12.0. The van der Waals surface area contributed by atoms with Crippen LogP contribution in [0.25, 0.3) is 0 Å². The molecule has 0 aliphatic rings. The molecular weight excluding hydrogens is 263 g/mol. The van der Waals surface area contributed by atoms with Crippen molar-refractivity contribution in [2.45, 2.75) is 13.0 Å². The highest BCUT2D eigenvalue weighted by atomic mass is 35.5. The Kier molecular flexibility index (Phi) is 7.70. The van der Waals surface area contributed by atoms with Crippen molar-refractivity contribution in [3.8, 4) is 5.75 Å². The summed E-state index contributed by atoms with van der Waals surface area (Å²) < 4.78 is 5.26. The Labute approximate surface area is 112 Å². The lowest BCUT2D eigenvalue weighted by atomic mass is 10.3. The van der Waals surface area contributed by atoms with Gasteiger partial charge in [-0.05, 0) is 31.2 Å². The molecule has 17 heavy (non-hydrogen) atoms. The van der Waals surface area contributed by atoms with Crippen LogP contribution in [0.5, 0.6) is 5.75 Å². The van der Waals surface area contributed by atoms with Gasteiger partial charge < -0.3 is 15.8 Å². The molecule has 1 rings (SSSR count). The predicted octanol–water partition coefficient (Wildman–Crippen LogP) is 1.60. The van der Waals surface area contributed by atoms with Gasteiger partial charge in [0, 0.05) is 17.6 Å². The summed E-state index contributed by atoms with van der Waals surface area (Å²) in [7, 11) is 0. The zero-order valence-corrected chi connectivity index (χ0v) is 11.1. The number of nitrogens with one attached hydrogen (secondary N) is 1. The lowest BCUT2D eigenvalue weighted by Crippen LogP contribution is -2.40. The summed E-state index contributed by atoms with van der Waals surface area (Å²) in [5.41, 5.74) is 5.37. The van der Waals surface area contributed by atoms with Gasteiger partial charge in [0.2, 0.25) is 0 Å². The van der Waals surface area contributed by atoms with Crippen molar-refractivity contribution >= 4 is 29.9 Å². The van der Waals surface area contributed by atoms with Crippen LogP contribution in [-0.2, 0) is 4.79 Å². The van der Waals surface area contributed by atoms with E-state index in [0.717, 1.165) is 0 Å². The molecule has 0 bridgehead atoms. The van der Waals surface area contributed by atoms with E-state index in [0.29, 0.717) is 17.3 Å². The van der Waals surface area contributed by atoms with Gasteiger partial charge in [0.15, 0.2) is 6.61 Å². The second-order valence-electron chi connectivity index (χ2n) is 3.45. The summed E-state index contributed by atoms with van der Waals surface area (Å²) >= 11 is 5.71. The van der Waals surface area contributed by atoms with E-state index in [2.05, 4.69) is 5.32 Å². The minimum Gasteiger partial charge on any atom is -0.484 e. The summed E-state index contributed by atoms with van der Waals surface area (Å²) in [5, 5.41) is 3.33. The van der Waals surface area contributed by atoms with Gasteiger partial charge in [-0.1, -0.05) is 11.6 Å². The summed E-state index contributed by atoms with van der Waals surface area (Å²) in [6.45, 7) is 2.22. The Balaban J connectivity index is 0.00000256. The quantitative estimate of drug-likeness (QED) is 0.860. The van der Waals surface area contributed by atoms with Crippen LogP contribution in [-0.4, -0.2) is 25.1 Å². The molecule has 0 radical (unpaired) electrons. The Morgan fingerprint density at radius 1 is 1.47 bits per heavy atom. The first-order valence-corrected chi connectivity index (χ1v) is 5.37. The zero-order valence-electron chi connectivity index (χ0n) is 9.48. The number of amides is 1. The Hall–Kier alpha value is -0.970. The molecule has 96 valence electrons. The number of hydrogen-bond acceptors (Lipinski definition) is 3. The number of benzene rings is 1. The normalized spacial score (nSPS) is 11.2. The van der Waals surface area contributed by atoms with Crippen LogP contribution in [0.4, 0.5) is 0 Å². The van der Waals surface area contributed by atoms with Crippen molar-refractivity contribution in [3.05, 3.63) is 29.3 Å². The maximum Gasteiger partial charge on any atom is 0.258 e. The van der Waals surface area contributed by atoms with Crippen molar-refractivity contribution < 1.29 is 9.53 Å². The molecule has 1 atom stereocenters. The number of hydrogen-bond donors (Lipinski definition) is 2. The Bertz CT molecular complexity index is 344. The standard InChI is InChI=1S/C11H15ClN2O2.ClH/c1-8(6-13)14-11(15)7-16-10-4-2-9(12)3-5-10;/h2-5,8H,6-7,13H2,1H3,(H,14,15);1H/t8-;/m0./s1. The van der Waals surface area contributed by atoms with Crippen molar-refractivity contribution in [1.82, 2.24) is 5.32 Å². The number of rotatable bonds is 5. The van der Waals surface area contributed by atoms with E-state index in [4.69, 9.17) is 22.1 Å². The molecule has 1 aromatic carbocycles. The van der Waals surface area contributed by atoms with Gasteiger partial charge in [-0.3, -0.25) is 4.79 Å². The van der Waals surface area contributed by atoms with Crippen LogP contribution >= 0.6 is 24.0 Å². The fourth-order valence-electron chi connectivity index (χ4n) is 1.06. The van der Waals surface area contributed by atoms with Crippen molar-refractivity contribution in [2.24, 2.45) is 5.73 Å². The summed E-state index contributed by atoms with van der Waals surface area (Å²) in [6, 6.07) is 6.79. The van der Waals surface area contributed by atoms with Gasteiger partial charge in [-0.15, -0.1) is 12.4 Å². The highest BCUT2D eigenvalue weighted by molar-refractivity contribution is 6.30. The third-order valence-corrected chi connectivity index (χ3v) is 2.20. The van der Waals surface area contributed by atoms with Gasteiger partial charge in [-0.25, -0.2) is 0 Å². The first-order valence-electron chi connectivity index (χ1n) is 4.99. The predicted molar refractivity (Wildman–Crippen MR) is 70.9 cm³/mol. The summed E-state index contributed by atoms with van der Waals surface area (Å²) in [4.78, 5) is 11.3. The van der Waals surface area contributed by atoms with Crippen molar-refractivity contribution in [1.29, 1.82) is 0 Å². The molecular formula is C11H16Cl2N2O2. The molecule has 6 heteroatoms. The molecule has 0 aliphatic carbocycles. The first kappa shape index (κ1) is 16.0. The number of carbonyl (C=O) groups is 1. The molecule has 0 fully saturated rings. The van der Waals surface area contributed by atoms with Crippen molar-refractivity contribution in [2.75, 3.05) is 13.2 Å². The van der Waals surface area contributed by atoms with E-state index >= 15 is 0 Å². The highest BCUT2D eigenvalue weighted by Gasteiger charge is 2.06. The minimum atomic E-state index is -0.187. The average molecular weight is 279 g/mol. The second kappa shape index (κ2) is 8.17. The van der Waals surface area contributed by atoms with E-state index in [1.807, 2.05) is 6.92 Å². The molecule has 0 unspecified atom stereocenters. The van der Waals surface area contributed by atoms with Crippen LogP contribution in [0.3, 0.4) is 0 Å². The molecule has 0 heterocycles. The maximum absolute atomic E-state index is 11.3. The van der Waals surface area contributed by atoms with Gasteiger partial charge in [0.1, 0.15) is 5.75 Å². The Morgan fingerprint density at radius 2 is 2.06 bits per heavy atom. The third kappa shape index (κ3) is 6.36. The van der Waals surface area contributed by atoms with Crippen LogP contribution < -0.4 is 15.8 Å². The molecule has 0 aliphatic heterocycles. The van der Waals surface area contributed by atoms with Gasteiger partial charge in [-0.2, -0.15) is 0 Å². The Morgan fingerprint density at radius 3 is 2.59 bits per heavy atom. The van der Waals surface area contributed by atoms with Crippen LogP contribution in [0, 0.1) is 0 Å². The maximum atomic E-state index is 11.3. The minimum absolute atomic E-state index is 0. The van der Waals surface area contributed by atoms with E-state index < -0.39 is 0 Å². The van der Waals surface area contributed by atoms with Crippen LogP contribution in [0.1, 0.15) is 6.92 Å². The highest BCUT2D eigenvalue weighted by Crippen LogP contribution is 2.15. The van der Waals surface area contributed by atoms with Crippen LogP contribution in [0.15, 0.2) is 24.3 Å². The number of halogens is 2. The van der Waals surface area contributed by atoms with E-state index in [9.17, 15) is 4.79 Å². The number of nitrogens with two attached hydrogens (primary N) is 1. The topological polar surface area (TPSA) is 64.3 Å². The average Bonchev–Trinajstić information content (AvgIpc) is 2.28. The first-order chi connectivity index (χ1) is 7.61. The molecule has 0 spiro atoms. The molecule has 1 aromatic rings. The molecule has 0 saturated heterocycles. The fourth-order valence-corrected chi connectivity index (χ4v) is 1.18. The molecule has 0 saturated carbocycles. The fraction of sp³-hybridized carbons (Fsp3) is 0.364. The summed E-state index contributed by atoms with van der Waals surface area (Å²) in [5.74, 6) is 0.424.